The standard InChI is InChI=1S/C34H24N4O6S/c1-19-6-13-29(44-19)27-17-35-37-34(36-27)45-30-16-31(40)38(32(30)41)24-10-7-20(8-11-24)33(42)43-18-28(39)22-9-12-26-23(15-22)14-21-4-2-3-5-25(21)26/h2-13,15,17,30H,14,16,18H2,1H3. The zero-order valence-electron chi connectivity index (χ0n) is 23.9. The Morgan fingerprint density at radius 3 is 2.53 bits per heavy atom. The Kier molecular flexibility index (Phi) is 7.30. The Bertz CT molecular complexity index is 2000. The van der Waals surface area contributed by atoms with Crippen LogP contribution in [0.25, 0.3) is 22.6 Å². The number of thioether (sulfide) groups is 1. The number of ketones is 1. The highest BCUT2D eigenvalue weighted by molar-refractivity contribution is 8.00. The average Bonchev–Trinajstić information content (AvgIpc) is 3.74. The van der Waals surface area contributed by atoms with Gasteiger partial charge in [0.25, 0.3) is 0 Å². The van der Waals surface area contributed by atoms with Crippen molar-refractivity contribution >= 4 is 41.0 Å². The van der Waals surface area contributed by atoms with Crippen molar-refractivity contribution < 1.29 is 28.3 Å². The molecule has 10 nitrogen and oxygen atoms in total. The molecule has 7 rings (SSSR count). The first kappa shape index (κ1) is 28.4. The van der Waals surface area contributed by atoms with Gasteiger partial charge in [0, 0.05) is 12.0 Å². The Hall–Kier alpha value is -5.42. The van der Waals surface area contributed by atoms with Crippen LogP contribution in [0.15, 0.2) is 94.6 Å². The monoisotopic (exact) mass is 616 g/mol. The summed E-state index contributed by atoms with van der Waals surface area (Å²) < 4.78 is 10.9. The van der Waals surface area contributed by atoms with E-state index in [1.807, 2.05) is 31.2 Å². The van der Waals surface area contributed by atoms with Crippen LogP contribution >= 0.6 is 11.8 Å². The third kappa shape index (κ3) is 5.53. The van der Waals surface area contributed by atoms with Crippen LogP contribution in [0.5, 0.6) is 0 Å². The minimum Gasteiger partial charge on any atom is -0.460 e. The number of esters is 1. The molecule has 2 aliphatic rings. The molecular weight excluding hydrogens is 592 g/mol. The second-order valence-corrected chi connectivity index (χ2v) is 11.8. The van der Waals surface area contributed by atoms with E-state index < -0.39 is 23.7 Å². The van der Waals surface area contributed by atoms with Crippen LogP contribution in [0.1, 0.15) is 44.0 Å². The number of fused-ring (bicyclic) bond motifs is 3. The minimum absolute atomic E-state index is 0.0440. The van der Waals surface area contributed by atoms with Crippen LogP contribution < -0.4 is 4.90 Å². The number of nitrogens with zero attached hydrogens (tertiary/aromatic N) is 4. The fourth-order valence-corrected chi connectivity index (χ4v) is 6.42. The number of hydrogen-bond donors (Lipinski definition) is 0. The smallest absolute Gasteiger partial charge is 0.338 e. The van der Waals surface area contributed by atoms with Crippen LogP contribution in [0, 0.1) is 6.92 Å². The van der Waals surface area contributed by atoms with Crippen molar-refractivity contribution in [3.8, 4) is 22.6 Å². The largest absolute Gasteiger partial charge is 0.460 e. The van der Waals surface area contributed by atoms with Crippen molar-refractivity contribution in [3.63, 3.8) is 0 Å². The third-order valence-corrected chi connectivity index (χ3v) is 8.73. The van der Waals surface area contributed by atoms with E-state index in [4.69, 9.17) is 9.15 Å². The van der Waals surface area contributed by atoms with Crippen LogP contribution in [-0.4, -0.2) is 50.6 Å². The summed E-state index contributed by atoms with van der Waals surface area (Å²) in [5.74, 6) is -0.559. The summed E-state index contributed by atoms with van der Waals surface area (Å²) in [5.41, 5.74) is 6.02. The van der Waals surface area contributed by atoms with Crippen LogP contribution in [0.3, 0.4) is 0 Å². The molecule has 0 N–H and O–H groups in total. The fourth-order valence-electron chi connectivity index (χ4n) is 5.49. The van der Waals surface area contributed by atoms with E-state index in [0.717, 1.165) is 40.0 Å². The normalized spacial score (nSPS) is 15.2. The first-order chi connectivity index (χ1) is 21.8. The van der Waals surface area contributed by atoms with Crippen LogP contribution in [-0.2, 0) is 20.7 Å². The highest BCUT2D eigenvalue weighted by Crippen LogP contribution is 2.37. The Labute approximate surface area is 261 Å². The lowest BCUT2D eigenvalue weighted by Crippen LogP contribution is -2.31. The quantitative estimate of drug-likeness (QED) is 0.123. The van der Waals surface area contributed by atoms with Gasteiger partial charge < -0.3 is 9.15 Å². The maximum absolute atomic E-state index is 13.2. The van der Waals surface area contributed by atoms with Crippen LogP contribution in [0.2, 0.25) is 0 Å². The molecular formula is C34H24N4O6S. The molecule has 1 unspecified atom stereocenters. The highest BCUT2D eigenvalue weighted by atomic mass is 32.2. The van der Waals surface area contributed by atoms with E-state index in [9.17, 15) is 19.2 Å². The number of anilines is 1. The lowest BCUT2D eigenvalue weighted by Gasteiger charge is -2.15. The van der Waals surface area contributed by atoms with Gasteiger partial charge in [-0.2, -0.15) is 5.10 Å². The SMILES string of the molecule is Cc1ccc(-c2cnnc(SC3CC(=O)N(c4ccc(C(=O)OCC(=O)c5ccc6c(c5)Cc5ccccc5-6)cc4)C3=O)n2)o1. The van der Waals surface area contributed by atoms with Crippen molar-refractivity contribution in [2.45, 2.75) is 30.2 Å². The molecule has 3 heterocycles. The van der Waals surface area contributed by atoms with Crippen molar-refractivity contribution in [1.82, 2.24) is 15.2 Å². The molecule has 1 aliphatic heterocycles. The predicted octanol–water partition coefficient (Wildman–Crippen LogP) is 5.48. The molecule has 0 saturated carbocycles. The maximum Gasteiger partial charge on any atom is 0.338 e. The van der Waals surface area contributed by atoms with E-state index in [1.165, 1.54) is 41.6 Å². The lowest BCUT2D eigenvalue weighted by molar-refractivity contribution is -0.121. The number of aromatic nitrogens is 3. The number of rotatable bonds is 8. The Morgan fingerprint density at radius 1 is 0.956 bits per heavy atom. The summed E-state index contributed by atoms with van der Waals surface area (Å²) in [6.07, 6.45) is 2.17. The summed E-state index contributed by atoms with van der Waals surface area (Å²) in [5, 5.41) is 7.46. The van der Waals surface area contributed by atoms with Gasteiger partial charge in [-0.25, -0.2) is 14.7 Å². The summed E-state index contributed by atoms with van der Waals surface area (Å²) in [7, 11) is 0. The molecule has 5 aromatic rings. The molecule has 0 spiro atoms. The van der Waals surface area contributed by atoms with E-state index in [-0.39, 0.29) is 28.8 Å². The first-order valence-electron chi connectivity index (χ1n) is 14.2. The molecule has 1 fully saturated rings. The molecule has 2 amide bonds. The van der Waals surface area contributed by atoms with Crippen molar-refractivity contribution in [2.24, 2.45) is 0 Å². The minimum atomic E-state index is -0.739. The number of imide groups is 1. The van der Waals surface area contributed by atoms with Crippen LogP contribution in [0.4, 0.5) is 5.69 Å². The second kappa shape index (κ2) is 11.6. The first-order valence-corrected chi connectivity index (χ1v) is 15.0. The van der Waals surface area contributed by atoms with Gasteiger partial charge in [-0.3, -0.25) is 14.4 Å². The summed E-state index contributed by atoms with van der Waals surface area (Å²) in [6, 6.07) is 23.2. The van der Waals surface area contributed by atoms with E-state index in [0.29, 0.717) is 22.7 Å². The van der Waals surface area contributed by atoms with Gasteiger partial charge in [0.15, 0.2) is 18.2 Å². The molecule has 0 radical (unpaired) electrons. The van der Waals surface area contributed by atoms with E-state index in [1.54, 1.807) is 18.2 Å². The van der Waals surface area contributed by atoms with Crippen molar-refractivity contribution in [2.75, 3.05) is 11.5 Å². The van der Waals surface area contributed by atoms with Gasteiger partial charge in [-0.05, 0) is 78.1 Å². The molecule has 11 heteroatoms. The predicted molar refractivity (Wildman–Crippen MR) is 165 cm³/mol. The maximum atomic E-state index is 13.2. The molecule has 1 aliphatic carbocycles. The number of furan rings is 1. The van der Waals surface area contributed by atoms with Crippen molar-refractivity contribution in [3.05, 3.63) is 113 Å². The van der Waals surface area contributed by atoms with Crippen molar-refractivity contribution in [1.29, 1.82) is 0 Å². The topological polar surface area (TPSA) is 133 Å². The average molecular weight is 617 g/mol. The van der Waals surface area contributed by atoms with E-state index in [2.05, 4.69) is 27.3 Å². The third-order valence-electron chi connectivity index (χ3n) is 7.70. The Morgan fingerprint density at radius 2 is 1.73 bits per heavy atom. The van der Waals surface area contributed by atoms with E-state index >= 15 is 0 Å². The number of Topliss-reactive ketones (excluding diaryl/α,β-unsaturated/α-hetero) is 1. The molecule has 2 aromatic heterocycles. The number of benzene rings is 3. The fraction of sp³-hybridized carbons (Fsp3) is 0.147. The zero-order valence-corrected chi connectivity index (χ0v) is 24.7. The molecule has 3 aromatic carbocycles. The molecule has 45 heavy (non-hydrogen) atoms. The zero-order chi connectivity index (χ0) is 31.1. The molecule has 1 saturated heterocycles. The Balaban J connectivity index is 0.967. The van der Waals surface area contributed by atoms with Gasteiger partial charge in [0.05, 0.1) is 17.4 Å². The molecule has 1 atom stereocenters. The summed E-state index contributed by atoms with van der Waals surface area (Å²) in [6.45, 7) is 1.41. The van der Waals surface area contributed by atoms with Gasteiger partial charge in [-0.1, -0.05) is 48.2 Å². The number of carbonyl (C=O) groups excluding carboxylic acids is 4. The van der Waals surface area contributed by atoms with Gasteiger partial charge in [0.2, 0.25) is 17.0 Å². The summed E-state index contributed by atoms with van der Waals surface area (Å²) >= 11 is 1.05. The van der Waals surface area contributed by atoms with Gasteiger partial charge >= 0.3 is 5.97 Å². The molecule has 0 bridgehead atoms. The number of carbonyl (C=O) groups is 4. The molecule has 222 valence electrons. The summed E-state index contributed by atoms with van der Waals surface area (Å²) in [4.78, 5) is 57.1. The lowest BCUT2D eigenvalue weighted by atomic mass is 10.0. The number of hydrogen-bond acceptors (Lipinski definition) is 10. The second-order valence-electron chi connectivity index (χ2n) is 10.7. The number of amides is 2. The van der Waals surface area contributed by atoms with Gasteiger partial charge in [0.1, 0.15) is 16.7 Å². The number of ether oxygens (including phenoxy) is 1. The highest BCUT2D eigenvalue weighted by Gasteiger charge is 2.41. The van der Waals surface area contributed by atoms with Gasteiger partial charge in [-0.15, -0.1) is 5.10 Å². The number of aryl methyl sites for hydroxylation is 1.